The highest BCUT2D eigenvalue weighted by Crippen LogP contribution is 2.28. The first-order valence-electron chi connectivity index (χ1n) is 5.20. The number of benzene rings is 1. The second kappa shape index (κ2) is 5.18. The minimum Gasteiger partial charge on any atom is -0.478 e. The lowest BCUT2D eigenvalue weighted by Crippen LogP contribution is -2.02. The molecule has 0 spiro atoms. The number of para-hydroxylation sites is 1. The van der Waals surface area contributed by atoms with Crippen molar-refractivity contribution in [3.8, 4) is 11.6 Å². The number of carboxylic acids is 1. The summed E-state index contributed by atoms with van der Waals surface area (Å²) in [5.41, 5.74) is 0.874. The molecule has 0 atom stereocenters. The molecule has 92 valence electrons. The molecule has 0 saturated carbocycles. The number of rotatable bonds is 3. The van der Waals surface area contributed by atoms with Crippen molar-refractivity contribution >= 4 is 21.9 Å². The van der Waals surface area contributed by atoms with Gasteiger partial charge in [-0.25, -0.2) is 9.78 Å². The van der Waals surface area contributed by atoms with Gasteiger partial charge >= 0.3 is 5.97 Å². The molecular formula is C13H10BrNO3. The first-order valence-corrected chi connectivity index (χ1v) is 5.99. The molecule has 0 radical (unpaired) electrons. The molecule has 0 saturated heterocycles. The van der Waals surface area contributed by atoms with Crippen molar-refractivity contribution in [3.63, 3.8) is 0 Å². The van der Waals surface area contributed by atoms with E-state index in [0.717, 1.165) is 10.0 Å². The van der Waals surface area contributed by atoms with Crippen molar-refractivity contribution in [2.45, 2.75) is 6.92 Å². The van der Waals surface area contributed by atoms with Crippen LogP contribution in [0.25, 0.3) is 0 Å². The summed E-state index contributed by atoms with van der Waals surface area (Å²) in [5, 5.41) is 9.10. The van der Waals surface area contributed by atoms with Crippen molar-refractivity contribution in [1.82, 2.24) is 4.98 Å². The number of hydrogen-bond donors (Lipinski definition) is 1. The first-order chi connectivity index (χ1) is 8.58. The molecule has 5 heteroatoms. The summed E-state index contributed by atoms with van der Waals surface area (Å²) in [6.45, 7) is 1.79. The van der Waals surface area contributed by atoms with Gasteiger partial charge in [-0.05, 0) is 40.5 Å². The van der Waals surface area contributed by atoms with Crippen LogP contribution in [0.15, 0.2) is 41.0 Å². The van der Waals surface area contributed by atoms with Crippen LogP contribution in [0.1, 0.15) is 15.9 Å². The number of aryl methyl sites for hydroxylation is 1. The maximum Gasteiger partial charge on any atom is 0.339 e. The van der Waals surface area contributed by atoms with Crippen LogP contribution in [0, 0.1) is 6.92 Å². The monoisotopic (exact) mass is 307 g/mol. The van der Waals surface area contributed by atoms with Gasteiger partial charge in [0, 0.05) is 16.7 Å². The van der Waals surface area contributed by atoms with Crippen LogP contribution in [-0.2, 0) is 0 Å². The van der Waals surface area contributed by atoms with Crippen LogP contribution in [0.3, 0.4) is 0 Å². The molecule has 2 aromatic rings. The molecular weight excluding hydrogens is 298 g/mol. The van der Waals surface area contributed by atoms with E-state index in [4.69, 9.17) is 9.84 Å². The standard InChI is InChI=1S/C13H10BrNO3/c1-8-3-2-4-10(13(16)17)12(8)18-11-6-5-9(14)7-15-11/h2-7H,1H3,(H,16,17). The van der Waals surface area contributed by atoms with Gasteiger partial charge in [0.1, 0.15) is 11.3 Å². The van der Waals surface area contributed by atoms with Crippen molar-refractivity contribution in [2.75, 3.05) is 0 Å². The van der Waals surface area contributed by atoms with Crippen LogP contribution in [0.5, 0.6) is 11.6 Å². The van der Waals surface area contributed by atoms with Crippen molar-refractivity contribution < 1.29 is 14.6 Å². The lowest BCUT2D eigenvalue weighted by molar-refractivity contribution is 0.0694. The Hall–Kier alpha value is -1.88. The minimum absolute atomic E-state index is 0.125. The molecule has 1 aromatic carbocycles. The summed E-state index contributed by atoms with van der Waals surface area (Å²) in [6.07, 6.45) is 1.59. The molecule has 1 N–H and O–H groups in total. The molecule has 1 heterocycles. The quantitative estimate of drug-likeness (QED) is 0.940. The number of carboxylic acid groups (broad SMARTS) is 1. The second-order valence-corrected chi connectivity index (χ2v) is 4.59. The molecule has 0 unspecified atom stereocenters. The third kappa shape index (κ3) is 2.68. The summed E-state index contributed by atoms with van der Waals surface area (Å²) in [5.74, 6) is -0.347. The van der Waals surface area contributed by atoms with E-state index in [0.29, 0.717) is 11.6 Å². The molecule has 0 bridgehead atoms. The molecule has 0 aliphatic rings. The van der Waals surface area contributed by atoms with Gasteiger partial charge in [0.2, 0.25) is 5.88 Å². The Kier molecular flexibility index (Phi) is 3.62. The summed E-state index contributed by atoms with van der Waals surface area (Å²) in [6, 6.07) is 8.42. The number of halogens is 1. The lowest BCUT2D eigenvalue weighted by Gasteiger charge is -2.10. The Morgan fingerprint density at radius 3 is 2.72 bits per heavy atom. The number of aromatic carboxylic acids is 1. The number of pyridine rings is 1. The Labute approximate surface area is 112 Å². The van der Waals surface area contributed by atoms with Gasteiger partial charge in [-0.1, -0.05) is 12.1 Å². The van der Waals surface area contributed by atoms with Crippen molar-refractivity contribution in [2.24, 2.45) is 0 Å². The third-order valence-corrected chi connectivity index (χ3v) is 2.82. The van der Waals surface area contributed by atoms with Gasteiger partial charge in [0.15, 0.2) is 0 Å². The molecule has 2 rings (SSSR count). The minimum atomic E-state index is -1.02. The van der Waals surface area contributed by atoms with Gasteiger partial charge in [0.05, 0.1) is 0 Å². The van der Waals surface area contributed by atoms with E-state index >= 15 is 0 Å². The summed E-state index contributed by atoms with van der Waals surface area (Å²) >= 11 is 3.27. The fourth-order valence-electron chi connectivity index (χ4n) is 1.48. The van der Waals surface area contributed by atoms with Gasteiger partial charge in [-0.2, -0.15) is 0 Å². The van der Waals surface area contributed by atoms with Gasteiger partial charge in [0.25, 0.3) is 0 Å². The van der Waals surface area contributed by atoms with Crippen molar-refractivity contribution in [1.29, 1.82) is 0 Å². The van der Waals surface area contributed by atoms with Gasteiger partial charge < -0.3 is 9.84 Å². The topological polar surface area (TPSA) is 59.4 Å². The number of nitrogens with zero attached hydrogens (tertiary/aromatic N) is 1. The van der Waals surface area contributed by atoms with E-state index in [2.05, 4.69) is 20.9 Å². The summed E-state index contributed by atoms with van der Waals surface area (Å²) < 4.78 is 6.38. The second-order valence-electron chi connectivity index (χ2n) is 3.67. The molecule has 18 heavy (non-hydrogen) atoms. The average molecular weight is 308 g/mol. The SMILES string of the molecule is Cc1cccc(C(=O)O)c1Oc1ccc(Br)cn1. The summed E-state index contributed by atoms with van der Waals surface area (Å²) in [7, 11) is 0. The van der Waals surface area contributed by atoms with E-state index in [1.807, 2.05) is 0 Å². The fraction of sp³-hybridized carbons (Fsp3) is 0.0769. The molecule has 1 aromatic heterocycles. The van der Waals surface area contributed by atoms with Gasteiger partial charge in [-0.15, -0.1) is 0 Å². The Morgan fingerprint density at radius 2 is 2.11 bits per heavy atom. The van der Waals surface area contributed by atoms with E-state index in [-0.39, 0.29) is 5.56 Å². The van der Waals surface area contributed by atoms with E-state index in [1.165, 1.54) is 6.07 Å². The van der Waals surface area contributed by atoms with Crippen molar-refractivity contribution in [3.05, 3.63) is 52.1 Å². The number of ether oxygens (including phenoxy) is 1. The Balaban J connectivity index is 2.39. The summed E-state index contributed by atoms with van der Waals surface area (Å²) in [4.78, 5) is 15.2. The average Bonchev–Trinajstić information content (AvgIpc) is 2.34. The largest absolute Gasteiger partial charge is 0.478 e. The molecule has 0 fully saturated rings. The van der Waals surface area contributed by atoms with E-state index in [9.17, 15) is 4.79 Å². The van der Waals surface area contributed by atoms with Crippen LogP contribution in [0.2, 0.25) is 0 Å². The predicted octanol–water partition coefficient (Wildman–Crippen LogP) is 3.64. The molecule has 0 amide bonds. The molecule has 0 aliphatic heterocycles. The zero-order valence-corrected chi connectivity index (χ0v) is 11.1. The highest BCUT2D eigenvalue weighted by atomic mass is 79.9. The van der Waals surface area contributed by atoms with Crippen LogP contribution >= 0.6 is 15.9 Å². The van der Waals surface area contributed by atoms with Gasteiger partial charge in [-0.3, -0.25) is 0 Å². The number of carbonyl (C=O) groups is 1. The van der Waals surface area contributed by atoms with Crippen LogP contribution < -0.4 is 4.74 Å². The normalized spacial score (nSPS) is 10.1. The number of aromatic nitrogens is 1. The fourth-order valence-corrected chi connectivity index (χ4v) is 1.72. The number of hydrogen-bond acceptors (Lipinski definition) is 3. The van der Waals surface area contributed by atoms with Crippen LogP contribution in [-0.4, -0.2) is 16.1 Å². The smallest absolute Gasteiger partial charge is 0.339 e. The third-order valence-electron chi connectivity index (χ3n) is 2.35. The first kappa shape index (κ1) is 12.6. The molecule has 4 nitrogen and oxygen atoms in total. The highest BCUT2D eigenvalue weighted by molar-refractivity contribution is 9.10. The molecule has 0 aliphatic carbocycles. The predicted molar refractivity (Wildman–Crippen MR) is 70.1 cm³/mol. The van der Waals surface area contributed by atoms with E-state index in [1.54, 1.807) is 37.4 Å². The van der Waals surface area contributed by atoms with Crippen LogP contribution in [0.4, 0.5) is 0 Å². The maximum atomic E-state index is 11.1. The zero-order chi connectivity index (χ0) is 13.1. The maximum absolute atomic E-state index is 11.1. The van der Waals surface area contributed by atoms with E-state index < -0.39 is 5.97 Å². The lowest BCUT2D eigenvalue weighted by atomic mass is 10.1. The highest BCUT2D eigenvalue weighted by Gasteiger charge is 2.14. The Bertz CT molecular complexity index is 581. The zero-order valence-electron chi connectivity index (χ0n) is 9.55. The Morgan fingerprint density at radius 1 is 1.33 bits per heavy atom.